The molecule has 0 amide bonds. The Bertz CT molecular complexity index is 496. The van der Waals surface area contributed by atoms with Crippen molar-refractivity contribution in [3.8, 4) is 11.8 Å². The molecule has 0 saturated carbocycles. The van der Waals surface area contributed by atoms with E-state index in [-0.39, 0.29) is 6.10 Å². The summed E-state index contributed by atoms with van der Waals surface area (Å²) in [5.41, 5.74) is 1.12. The second kappa shape index (κ2) is 8.23. The maximum atomic E-state index is 8.81. The molecule has 0 aliphatic carbocycles. The van der Waals surface area contributed by atoms with E-state index in [2.05, 4.69) is 11.0 Å². The fourth-order valence-corrected chi connectivity index (χ4v) is 2.87. The highest BCUT2D eigenvalue weighted by Crippen LogP contribution is 2.25. The van der Waals surface area contributed by atoms with Crippen molar-refractivity contribution in [2.24, 2.45) is 0 Å². The van der Waals surface area contributed by atoms with Crippen LogP contribution in [0.3, 0.4) is 0 Å². The van der Waals surface area contributed by atoms with Crippen LogP contribution in [0.25, 0.3) is 0 Å². The van der Waals surface area contributed by atoms with E-state index in [1.807, 2.05) is 18.2 Å². The highest BCUT2D eigenvalue weighted by Gasteiger charge is 2.19. The van der Waals surface area contributed by atoms with E-state index >= 15 is 0 Å². The predicted octanol–water partition coefficient (Wildman–Crippen LogP) is 3.24. The molecule has 1 aliphatic heterocycles. The van der Waals surface area contributed by atoms with E-state index in [1.165, 1.54) is 0 Å². The summed E-state index contributed by atoms with van der Waals surface area (Å²) in [4.78, 5) is 2.26. The van der Waals surface area contributed by atoms with Crippen LogP contribution in [0.4, 0.5) is 0 Å². The van der Waals surface area contributed by atoms with Gasteiger partial charge in [-0.15, -0.1) is 0 Å². The monoisotopic (exact) mass is 308 g/mol. The summed E-state index contributed by atoms with van der Waals surface area (Å²) < 4.78 is 10.9. The molecular formula is C16H21ClN2O2. The molecule has 5 heteroatoms. The lowest BCUT2D eigenvalue weighted by Gasteiger charge is -2.24. The van der Waals surface area contributed by atoms with Crippen LogP contribution < -0.4 is 4.74 Å². The number of nitriles is 1. The van der Waals surface area contributed by atoms with Gasteiger partial charge in [-0.05, 0) is 30.5 Å². The Kier molecular flexibility index (Phi) is 6.31. The Hall–Kier alpha value is -1.28. The topological polar surface area (TPSA) is 45.5 Å². The lowest BCUT2D eigenvalue weighted by atomic mass is 10.1. The van der Waals surface area contributed by atoms with Crippen molar-refractivity contribution in [1.82, 2.24) is 4.90 Å². The zero-order chi connectivity index (χ0) is 15.1. The summed E-state index contributed by atoms with van der Waals surface area (Å²) in [6.07, 6.45) is 3.05. The SMILES string of the molecule is COc1ccc(CN(CCC#N)CC2CCCO2)cc1Cl. The van der Waals surface area contributed by atoms with Crippen molar-refractivity contribution in [3.63, 3.8) is 0 Å². The first-order valence-corrected chi connectivity index (χ1v) is 7.64. The Morgan fingerprint density at radius 1 is 1.52 bits per heavy atom. The second-order valence-corrected chi connectivity index (χ2v) is 5.65. The summed E-state index contributed by atoms with van der Waals surface area (Å²) in [5.74, 6) is 0.683. The largest absolute Gasteiger partial charge is 0.495 e. The number of nitrogens with zero attached hydrogens (tertiary/aromatic N) is 2. The third-order valence-corrected chi connectivity index (χ3v) is 3.94. The van der Waals surface area contributed by atoms with Crippen molar-refractivity contribution >= 4 is 11.6 Å². The molecule has 0 bridgehead atoms. The van der Waals surface area contributed by atoms with Crippen LogP contribution in [0.15, 0.2) is 18.2 Å². The number of halogens is 1. The van der Waals surface area contributed by atoms with Gasteiger partial charge >= 0.3 is 0 Å². The molecular weight excluding hydrogens is 288 g/mol. The zero-order valence-corrected chi connectivity index (χ0v) is 13.1. The van der Waals surface area contributed by atoms with Gasteiger partial charge in [0.05, 0.1) is 24.3 Å². The van der Waals surface area contributed by atoms with Gasteiger partial charge < -0.3 is 9.47 Å². The van der Waals surface area contributed by atoms with Crippen molar-refractivity contribution in [2.75, 3.05) is 26.8 Å². The Morgan fingerprint density at radius 3 is 3.00 bits per heavy atom. The summed E-state index contributed by atoms with van der Waals surface area (Å²) >= 11 is 6.17. The minimum atomic E-state index is 0.289. The van der Waals surface area contributed by atoms with Gasteiger partial charge in [0.25, 0.3) is 0 Å². The van der Waals surface area contributed by atoms with E-state index in [1.54, 1.807) is 7.11 Å². The van der Waals surface area contributed by atoms with Crippen LogP contribution in [0.5, 0.6) is 5.75 Å². The van der Waals surface area contributed by atoms with Crippen LogP contribution in [-0.4, -0.2) is 37.8 Å². The highest BCUT2D eigenvalue weighted by molar-refractivity contribution is 6.32. The Balaban J connectivity index is 1.99. The average Bonchev–Trinajstić information content (AvgIpc) is 2.98. The van der Waals surface area contributed by atoms with E-state index in [0.29, 0.717) is 17.2 Å². The smallest absolute Gasteiger partial charge is 0.137 e. The maximum Gasteiger partial charge on any atom is 0.137 e. The predicted molar refractivity (Wildman–Crippen MR) is 82.5 cm³/mol. The van der Waals surface area contributed by atoms with Crippen LogP contribution in [0, 0.1) is 11.3 Å². The Morgan fingerprint density at radius 2 is 2.38 bits per heavy atom. The maximum absolute atomic E-state index is 8.81. The first-order chi connectivity index (χ1) is 10.2. The number of ether oxygens (including phenoxy) is 2. The summed E-state index contributed by atoms with van der Waals surface area (Å²) in [7, 11) is 1.61. The molecule has 114 valence electrons. The number of methoxy groups -OCH3 is 1. The van der Waals surface area contributed by atoms with Crippen molar-refractivity contribution < 1.29 is 9.47 Å². The molecule has 0 aromatic heterocycles. The fourth-order valence-electron chi connectivity index (χ4n) is 2.59. The van der Waals surface area contributed by atoms with Crippen LogP contribution in [0.1, 0.15) is 24.8 Å². The van der Waals surface area contributed by atoms with Crippen LogP contribution in [-0.2, 0) is 11.3 Å². The zero-order valence-electron chi connectivity index (χ0n) is 12.3. The quantitative estimate of drug-likeness (QED) is 0.775. The van der Waals surface area contributed by atoms with Gasteiger partial charge in [0.2, 0.25) is 0 Å². The standard InChI is InChI=1S/C16H21ClN2O2/c1-20-16-6-5-13(10-15(16)17)11-19(8-3-7-18)12-14-4-2-9-21-14/h5-6,10,14H,2-4,8-9,11-12H2,1H3. The number of hydrogen-bond acceptors (Lipinski definition) is 4. The van der Waals surface area contributed by atoms with Gasteiger partial charge in [-0.3, -0.25) is 4.90 Å². The van der Waals surface area contributed by atoms with Crippen LogP contribution in [0.2, 0.25) is 5.02 Å². The first kappa shape index (κ1) is 16.1. The molecule has 1 atom stereocenters. The van der Waals surface area contributed by atoms with Gasteiger partial charge in [-0.25, -0.2) is 0 Å². The first-order valence-electron chi connectivity index (χ1n) is 7.26. The molecule has 21 heavy (non-hydrogen) atoms. The molecule has 1 aromatic carbocycles. The van der Waals surface area contributed by atoms with Crippen molar-refractivity contribution in [2.45, 2.75) is 31.9 Å². The molecule has 1 fully saturated rings. The minimum absolute atomic E-state index is 0.289. The molecule has 1 heterocycles. The van der Waals surface area contributed by atoms with E-state index in [0.717, 1.165) is 44.6 Å². The van der Waals surface area contributed by atoms with Gasteiger partial charge in [0.1, 0.15) is 5.75 Å². The normalized spacial score (nSPS) is 17.9. The highest BCUT2D eigenvalue weighted by atomic mass is 35.5. The summed E-state index contributed by atoms with van der Waals surface area (Å²) in [6.45, 7) is 3.24. The van der Waals surface area contributed by atoms with Crippen LogP contribution >= 0.6 is 11.6 Å². The molecule has 1 aromatic rings. The molecule has 1 unspecified atom stereocenters. The van der Waals surface area contributed by atoms with Gasteiger partial charge in [-0.1, -0.05) is 17.7 Å². The minimum Gasteiger partial charge on any atom is -0.495 e. The third kappa shape index (κ3) is 4.89. The second-order valence-electron chi connectivity index (χ2n) is 5.25. The number of hydrogen-bond donors (Lipinski definition) is 0. The van der Waals surface area contributed by atoms with Crippen molar-refractivity contribution in [1.29, 1.82) is 5.26 Å². The summed E-state index contributed by atoms with van der Waals surface area (Å²) in [5, 5.41) is 9.43. The fraction of sp³-hybridized carbons (Fsp3) is 0.562. The van der Waals surface area contributed by atoms with E-state index in [4.69, 9.17) is 26.3 Å². The van der Waals surface area contributed by atoms with E-state index < -0.39 is 0 Å². The molecule has 4 nitrogen and oxygen atoms in total. The molecule has 2 rings (SSSR count). The lowest BCUT2D eigenvalue weighted by molar-refractivity contribution is 0.0713. The van der Waals surface area contributed by atoms with E-state index in [9.17, 15) is 0 Å². The number of benzene rings is 1. The average molecular weight is 309 g/mol. The van der Waals surface area contributed by atoms with Crippen molar-refractivity contribution in [3.05, 3.63) is 28.8 Å². The molecule has 1 saturated heterocycles. The Labute approximate surface area is 131 Å². The van der Waals surface area contributed by atoms with Gasteiger partial charge in [-0.2, -0.15) is 5.26 Å². The molecule has 0 N–H and O–H groups in total. The summed E-state index contributed by atoms with van der Waals surface area (Å²) in [6, 6.07) is 8.03. The third-order valence-electron chi connectivity index (χ3n) is 3.65. The van der Waals surface area contributed by atoms with Gasteiger partial charge in [0.15, 0.2) is 0 Å². The number of rotatable bonds is 7. The lowest BCUT2D eigenvalue weighted by Crippen LogP contribution is -2.32. The van der Waals surface area contributed by atoms with Gasteiger partial charge in [0, 0.05) is 32.7 Å². The molecule has 1 aliphatic rings. The molecule has 0 spiro atoms. The molecule has 0 radical (unpaired) electrons.